The molecular weight excluding hydrogens is 283 g/mol. The van der Waals surface area contributed by atoms with Crippen molar-refractivity contribution >= 4 is 17.0 Å². The van der Waals surface area contributed by atoms with Gasteiger partial charge in [-0.3, -0.25) is 9.79 Å². The highest BCUT2D eigenvalue weighted by molar-refractivity contribution is 6.25. The molecule has 0 saturated carbocycles. The summed E-state index contributed by atoms with van der Waals surface area (Å²) in [6, 6.07) is 3.00. The number of aromatic nitrogens is 1. The predicted molar refractivity (Wildman–Crippen MR) is 68.4 cm³/mol. The molecule has 0 spiro atoms. The number of carbonyl (C=O) groups excluding carboxylic acids is 1. The summed E-state index contributed by atoms with van der Waals surface area (Å²) < 4.78 is 40.9. The Bertz CT molecular complexity index is 893. The number of nitrogens with two attached hydrogens (primary N) is 1. The SMILES string of the molecule is Nc1ccc(F)c(C(=O)C2=c3cc(F)cnc3=NC2)c1F. The number of ketones is 1. The van der Waals surface area contributed by atoms with E-state index in [0.29, 0.717) is 0 Å². The number of carbonyl (C=O) groups is 1. The van der Waals surface area contributed by atoms with E-state index in [2.05, 4.69) is 9.98 Å². The molecule has 106 valence electrons. The third-order valence-electron chi connectivity index (χ3n) is 3.17. The van der Waals surface area contributed by atoms with Gasteiger partial charge in [0.2, 0.25) is 0 Å². The second-order valence-corrected chi connectivity index (χ2v) is 4.47. The van der Waals surface area contributed by atoms with Crippen LogP contribution in [0.5, 0.6) is 0 Å². The summed E-state index contributed by atoms with van der Waals surface area (Å²) in [6.45, 7) is -0.113. The average molecular weight is 291 g/mol. The van der Waals surface area contributed by atoms with Gasteiger partial charge in [-0.15, -0.1) is 0 Å². The largest absolute Gasteiger partial charge is 0.396 e. The van der Waals surface area contributed by atoms with Crippen LogP contribution in [0.3, 0.4) is 0 Å². The number of hydrogen-bond acceptors (Lipinski definition) is 4. The maximum Gasteiger partial charge on any atom is 0.197 e. The van der Waals surface area contributed by atoms with Crippen molar-refractivity contribution in [3.8, 4) is 0 Å². The van der Waals surface area contributed by atoms with Crippen LogP contribution < -0.4 is 16.4 Å². The Labute approximate surface area is 116 Å². The molecule has 0 saturated heterocycles. The molecule has 1 aromatic carbocycles. The van der Waals surface area contributed by atoms with E-state index in [4.69, 9.17) is 5.73 Å². The van der Waals surface area contributed by atoms with E-state index >= 15 is 0 Å². The predicted octanol–water partition coefficient (Wildman–Crippen LogP) is 0.748. The van der Waals surface area contributed by atoms with E-state index < -0.39 is 28.8 Å². The van der Waals surface area contributed by atoms with E-state index in [0.717, 1.165) is 24.4 Å². The Morgan fingerprint density at radius 1 is 1.24 bits per heavy atom. The molecule has 1 aliphatic rings. The molecule has 7 heteroatoms. The van der Waals surface area contributed by atoms with Crippen molar-refractivity contribution in [3.05, 3.63) is 58.1 Å². The first-order valence-corrected chi connectivity index (χ1v) is 5.96. The molecule has 21 heavy (non-hydrogen) atoms. The van der Waals surface area contributed by atoms with Crippen molar-refractivity contribution in [2.24, 2.45) is 4.99 Å². The summed E-state index contributed by atoms with van der Waals surface area (Å²) in [5.74, 6) is -3.74. The Morgan fingerprint density at radius 3 is 2.76 bits per heavy atom. The number of nitrogen functional groups attached to an aromatic ring is 1. The molecule has 0 atom stereocenters. The van der Waals surface area contributed by atoms with Crippen LogP contribution in [0.2, 0.25) is 0 Å². The average Bonchev–Trinajstić information content (AvgIpc) is 2.86. The normalized spacial score (nSPS) is 13.0. The zero-order chi connectivity index (χ0) is 15.1. The van der Waals surface area contributed by atoms with Crippen molar-refractivity contribution in [3.63, 3.8) is 0 Å². The number of hydrogen-bond donors (Lipinski definition) is 1. The monoisotopic (exact) mass is 291 g/mol. The molecule has 1 aromatic heterocycles. The number of pyridine rings is 1. The molecule has 1 aliphatic heterocycles. The molecule has 2 heterocycles. The number of Topliss-reactive ketones (excluding diaryl/α,β-unsaturated/α-hetero) is 1. The quantitative estimate of drug-likeness (QED) is 0.655. The fraction of sp³-hybridized carbons (Fsp3) is 0.0714. The Kier molecular flexibility index (Phi) is 2.97. The molecule has 0 amide bonds. The van der Waals surface area contributed by atoms with Crippen LogP contribution in [0.15, 0.2) is 29.4 Å². The van der Waals surface area contributed by atoms with Crippen LogP contribution in [0, 0.1) is 17.5 Å². The molecule has 2 N–H and O–H groups in total. The second kappa shape index (κ2) is 4.69. The maximum atomic E-state index is 13.9. The zero-order valence-electron chi connectivity index (χ0n) is 10.5. The van der Waals surface area contributed by atoms with E-state index in [9.17, 15) is 18.0 Å². The molecule has 2 aromatic rings. The topological polar surface area (TPSA) is 68.3 Å². The van der Waals surface area contributed by atoms with Gasteiger partial charge in [0.15, 0.2) is 17.1 Å². The number of nitrogens with zero attached hydrogens (tertiary/aromatic N) is 2. The summed E-state index contributed by atoms with van der Waals surface area (Å²) in [5.41, 5.74) is 4.40. The summed E-state index contributed by atoms with van der Waals surface area (Å²) >= 11 is 0. The van der Waals surface area contributed by atoms with Gasteiger partial charge in [-0.05, 0) is 18.2 Å². The first kappa shape index (κ1) is 13.3. The summed E-state index contributed by atoms with van der Waals surface area (Å²) in [5, 5.41) is 0.140. The fourth-order valence-corrected chi connectivity index (χ4v) is 2.14. The van der Waals surface area contributed by atoms with Crippen LogP contribution >= 0.6 is 0 Å². The van der Waals surface area contributed by atoms with Crippen LogP contribution in [0.4, 0.5) is 18.9 Å². The summed E-state index contributed by atoms with van der Waals surface area (Å²) in [6.07, 6.45) is 0.956. The summed E-state index contributed by atoms with van der Waals surface area (Å²) in [4.78, 5) is 20.0. The second-order valence-electron chi connectivity index (χ2n) is 4.47. The minimum Gasteiger partial charge on any atom is -0.396 e. The van der Waals surface area contributed by atoms with Crippen LogP contribution in [-0.2, 0) is 0 Å². The Hall–Kier alpha value is -2.70. The van der Waals surface area contributed by atoms with Crippen LogP contribution in [0.1, 0.15) is 10.4 Å². The molecule has 0 unspecified atom stereocenters. The number of rotatable bonds is 2. The maximum absolute atomic E-state index is 13.9. The van der Waals surface area contributed by atoms with Crippen molar-refractivity contribution in [1.82, 2.24) is 4.98 Å². The summed E-state index contributed by atoms with van der Waals surface area (Å²) in [7, 11) is 0. The van der Waals surface area contributed by atoms with E-state index in [1.54, 1.807) is 0 Å². The third kappa shape index (κ3) is 2.06. The lowest BCUT2D eigenvalue weighted by Crippen LogP contribution is -2.29. The van der Waals surface area contributed by atoms with E-state index in [1.807, 2.05) is 0 Å². The molecule has 4 nitrogen and oxygen atoms in total. The molecule has 0 fully saturated rings. The lowest BCUT2D eigenvalue weighted by Gasteiger charge is -2.06. The van der Waals surface area contributed by atoms with Gasteiger partial charge < -0.3 is 5.73 Å². The molecule has 0 radical (unpaired) electrons. The van der Waals surface area contributed by atoms with Gasteiger partial charge in [-0.1, -0.05) is 0 Å². The highest BCUT2D eigenvalue weighted by Crippen LogP contribution is 2.22. The van der Waals surface area contributed by atoms with Gasteiger partial charge in [0.1, 0.15) is 11.6 Å². The number of fused-ring (bicyclic) bond motifs is 1. The first-order valence-electron chi connectivity index (χ1n) is 5.96. The van der Waals surface area contributed by atoms with Crippen molar-refractivity contribution in [2.45, 2.75) is 0 Å². The first-order chi connectivity index (χ1) is 9.99. The molecule has 3 rings (SSSR count). The Balaban J connectivity index is 2.24. The van der Waals surface area contributed by atoms with Gasteiger partial charge in [0, 0.05) is 10.8 Å². The smallest absolute Gasteiger partial charge is 0.197 e. The molecule has 0 aliphatic carbocycles. The van der Waals surface area contributed by atoms with Gasteiger partial charge in [0.05, 0.1) is 24.0 Å². The number of halogens is 3. The van der Waals surface area contributed by atoms with Gasteiger partial charge in [-0.25, -0.2) is 18.2 Å². The lowest BCUT2D eigenvalue weighted by atomic mass is 10.0. The van der Waals surface area contributed by atoms with Gasteiger partial charge in [-0.2, -0.15) is 0 Å². The lowest BCUT2D eigenvalue weighted by molar-refractivity contribution is 0.104. The highest BCUT2D eigenvalue weighted by Gasteiger charge is 2.25. The minimum absolute atomic E-state index is 0.0135. The van der Waals surface area contributed by atoms with Crippen LogP contribution in [-0.4, -0.2) is 17.3 Å². The fourth-order valence-electron chi connectivity index (χ4n) is 2.14. The Morgan fingerprint density at radius 2 is 2.00 bits per heavy atom. The number of benzene rings is 1. The van der Waals surface area contributed by atoms with Crippen molar-refractivity contribution < 1.29 is 18.0 Å². The van der Waals surface area contributed by atoms with Crippen molar-refractivity contribution in [2.75, 3.05) is 12.3 Å². The van der Waals surface area contributed by atoms with Crippen LogP contribution in [0.25, 0.3) is 5.57 Å². The van der Waals surface area contributed by atoms with E-state index in [-0.39, 0.29) is 28.5 Å². The van der Waals surface area contributed by atoms with Crippen molar-refractivity contribution in [1.29, 1.82) is 0 Å². The zero-order valence-corrected chi connectivity index (χ0v) is 10.5. The van der Waals surface area contributed by atoms with Gasteiger partial charge >= 0.3 is 0 Å². The van der Waals surface area contributed by atoms with E-state index in [1.165, 1.54) is 0 Å². The third-order valence-corrected chi connectivity index (χ3v) is 3.17. The molecule has 0 bridgehead atoms. The number of anilines is 1. The molecular formula is C14H8F3N3O. The minimum atomic E-state index is -1.13. The standard InChI is InChI=1S/C14H8F3N3O/c15-6-3-7-8(5-20-14(7)19-4-6)13(21)11-9(16)1-2-10(18)12(11)17/h1-4H,5,18H2. The van der Waals surface area contributed by atoms with Gasteiger partial charge in [0.25, 0.3) is 0 Å². The highest BCUT2D eigenvalue weighted by atomic mass is 19.1.